The Morgan fingerprint density at radius 3 is 2.46 bits per heavy atom. The summed E-state index contributed by atoms with van der Waals surface area (Å²) in [6.45, 7) is 6.95. The van der Waals surface area contributed by atoms with Crippen molar-refractivity contribution < 1.29 is 23.9 Å². The van der Waals surface area contributed by atoms with Crippen molar-refractivity contribution in [3.05, 3.63) is 12.2 Å². The molecule has 0 fully saturated rings. The Kier molecular flexibility index (Phi) is 10.9. The molecule has 0 rings (SSSR count). The summed E-state index contributed by atoms with van der Waals surface area (Å²) in [5, 5.41) is 5.00. The lowest BCUT2D eigenvalue weighted by atomic mass is 10.2. The first kappa shape index (κ1) is 22.3. The standard InChI is InChI=1S/C16H28N2O5S/c1-6-7-9-22-13(19)11-17-14(20)12(8-10-24-5)18-15(21)23-16(2,3)4/h6-7,12H,8-11H2,1-5H3,(H,17,20)(H,18,21)/b7-6+/t12-/m0/s1. The molecular weight excluding hydrogens is 332 g/mol. The minimum atomic E-state index is -0.768. The Labute approximate surface area is 147 Å². The molecule has 1 atom stereocenters. The van der Waals surface area contributed by atoms with Gasteiger partial charge in [0.05, 0.1) is 0 Å². The number of allylic oxidation sites excluding steroid dienone is 1. The Balaban J connectivity index is 4.48. The van der Waals surface area contributed by atoms with Crippen LogP contribution in [0.15, 0.2) is 12.2 Å². The molecule has 7 nitrogen and oxygen atoms in total. The summed E-state index contributed by atoms with van der Waals surface area (Å²) in [7, 11) is 0. The first-order valence-corrected chi connectivity index (χ1v) is 9.12. The summed E-state index contributed by atoms with van der Waals surface area (Å²) in [6, 6.07) is -0.768. The van der Waals surface area contributed by atoms with Crippen molar-refractivity contribution in [2.75, 3.05) is 25.2 Å². The molecule has 8 heteroatoms. The van der Waals surface area contributed by atoms with E-state index in [4.69, 9.17) is 9.47 Å². The third-order valence-corrected chi connectivity index (χ3v) is 3.25. The molecule has 0 aromatic carbocycles. The van der Waals surface area contributed by atoms with Gasteiger partial charge in [0.2, 0.25) is 5.91 Å². The van der Waals surface area contributed by atoms with Gasteiger partial charge in [-0.3, -0.25) is 9.59 Å². The third kappa shape index (κ3) is 11.8. The SMILES string of the molecule is C/C=C/COC(=O)CNC(=O)[C@H](CCSC)NC(=O)OC(C)(C)C. The van der Waals surface area contributed by atoms with E-state index in [2.05, 4.69) is 10.6 Å². The van der Waals surface area contributed by atoms with Crippen LogP contribution in [-0.2, 0) is 19.1 Å². The Hall–Kier alpha value is -1.70. The number of carbonyl (C=O) groups excluding carboxylic acids is 3. The lowest BCUT2D eigenvalue weighted by Crippen LogP contribution is -2.49. The zero-order valence-electron chi connectivity index (χ0n) is 15.0. The number of alkyl carbamates (subject to hydrolysis) is 1. The number of rotatable bonds is 9. The predicted molar refractivity (Wildman–Crippen MR) is 94.9 cm³/mol. The van der Waals surface area contributed by atoms with Gasteiger partial charge in [0.25, 0.3) is 0 Å². The van der Waals surface area contributed by atoms with Gasteiger partial charge in [0.1, 0.15) is 24.8 Å². The van der Waals surface area contributed by atoms with Gasteiger partial charge in [-0.1, -0.05) is 12.2 Å². The maximum Gasteiger partial charge on any atom is 0.408 e. The molecule has 0 saturated carbocycles. The smallest absolute Gasteiger partial charge is 0.408 e. The largest absolute Gasteiger partial charge is 0.460 e. The second-order valence-electron chi connectivity index (χ2n) is 5.95. The monoisotopic (exact) mass is 360 g/mol. The molecule has 0 aliphatic rings. The van der Waals surface area contributed by atoms with Crippen molar-refractivity contribution in [1.82, 2.24) is 10.6 Å². The van der Waals surface area contributed by atoms with Crippen LogP contribution < -0.4 is 10.6 Å². The quantitative estimate of drug-likeness (QED) is 0.482. The van der Waals surface area contributed by atoms with Crippen molar-refractivity contribution in [3.8, 4) is 0 Å². The van der Waals surface area contributed by atoms with Crippen molar-refractivity contribution in [2.24, 2.45) is 0 Å². The number of hydrogen-bond donors (Lipinski definition) is 2. The zero-order chi connectivity index (χ0) is 18.6. The highest BCUT2D eigenvalue weighted by atomic mass is 32.2. The number of ether oxygens (including phenoxy) is 2. The van der Waals surface area contributed by atoms with Crippen LogP contribution in [0.3, 0.4) is 0 Å². The molecule has 0 radical (unpaired) electrons. The second kappa shape index (κ2) is 11.8. The summed E-state index contributed by atoms with van der Waals surface area (Å²) in [5.74, 6) is -0.306. The van der Waals surface area contributed by atoms with Gasteiger partial charge >= 0.3 is 12.1 Å². The first-order valence-electron chi connectivity index (χ1n) is 7.72. The van der Waals surface area contributed by atoms with Crippen molar-refractivity contribution in [2.45, 2.75) is 45.8 Å². The lowest BCUT2D eigenvalue weighted by Gasteiger charge is -2.23. The van der Waals surface area contributed by atoms with E-state index in [9.17, 15) is 14.4 Å². The van der Waals surface area contributed by atoms with Gasteiger partial charge in [-0.2, -0.15) is 11.8 Å². The Bertz CT molecular complexity index is 446. The van der Waals surface area contributed by atoms with Crippen LogP contribution in [0.1, 0.15) is 34.1 Å². The van der Waals surface area contributed by atoms with Gasteiger partial charge in [-0.05, 0) is 46.1 Å². The number of nitrogens with one attached hydrogen (secondary N) is 2. The summed E-state index contributed by atoms with van der Waals surface area (Å²) >= 11 is 1.55. The molecule has 0 aromatic heterocycles. The maximum atomic E-state index is 12.2. The zero-order valence-corrected chi connectivity index (χ0v) is 15.8. The average Bonchev–Trinajstić information content (AvgIpc) is 2.47. The summed E-state index contributed by atoms with van der Waals surface area (Å²) in [6.07, 6.45) is 5.11. The van der Waals surface area contributed by atoms with Crippen LogP contribution in [-0.4, -0.2) is 54.8 Å². The van der Waals surface area contributed by atoms with Gasteiger partial charge in [0, 0.05) is 0 Å². The van der Waals surface area contributed by atoms with E-state index in [0.717, 1.165) is 0 Å². The first-order chi connectivity index (χ1) is 11.2. The third-order valence-electron chi connectivity index (χ3n) is 2.60. The summed E-state index contributed by atoms with van der Waals surface area (Å²) < 4.78 is 10.0. The highest BCUT2D eigenvalue weighted by Gasteiger charge is 2.24. The van der Waals surface area contributed by atoms with Gasteiger partial charge in [-0.25, -0.2) is 4.79 Å². The van der Waals surface area contributed by atoms with E-state index in [0.29, 0.717) is 12.2 Å². The van der Waals surface area contributed by atoms with Gasteiger partial charge in [-0.15, -0.1) is 0 Å². The molecule has 2 amide bonds. The fourth-order valence-corrected chi connectivity index (χ4v) is 2.00. The number of esters is 1. The van der Waals surface area contributed by atoms with Crippen molar-refractivity contribution in [1.29, 1.82) is 0 Å². The van der Waals surface area contributed by atoms with Crippen molar-refractivity contribution in [3.63, 3.8) is 0 Å². The molecular formula is C16H28N2O5S. The average molecular weight is 360 g/mol. The van der Waals surface area contributed by atoms with Crippen molar-refractivity contribution >= 4 is 29.7 Å². The van der Waals surface area contributed by atoms with Crippen LogP contribution in [0.2, 0.25) is 0 Å². The predicted octanol–water partition coefficient (Wildman–Crippen LogP) is 1.87. The number of carbonyl (C=O) groups is 3. The van der Waals surface area contributed by atoms with Crippen LogP contribution >= 0.6 is 11.8 Å². The molecule has 0 unspecified atom stereocenters. The molecule has 0 spiro atoms. The van der Waals surface area contributed by atoms with Gasteiger partial charge < -0.3 is 20.1 Å². The van der Waals surface area contributed by atoms with Crippen LogP contribution in [0.4, 0.5) is 4.79 Å². The highest BCUT2D eigenvalue weighted by Crippen LogP contribution is 2.08. The molecule has 2 N–H and O–H groups in total. The fraction of sp³-hybridized carbons (Fsp3) is 0.688. The molecule has 0 saturated heterocycles. The minimum Gasteiger partial charge on any atom is -0.460 e. The minimum absolute atomic E-state index is 0.164. The molecule has 0 aliphatic heterocycles. The molecule has 0 aromatic rings. The maximum absolute atomic E-state index is 12.2. The Morgan fingerprint density at radius 1 is 1.25 bits per heavy atom. The molecule has 138 valence electrons. The molecule has 0 heterocycles. The van der Waals surface area contributed by atoms with E-state index >= 15 is 0 Å². The van der Waals surface area contributed by atoms with Crippen LogP contribution in [0.5, 0.6) is 0 Å². The summed E-state index contributed by atoms with van der Waals surface area (Å²) in [4.78, 5) is 35.5. The fourth-order valence-electron chi connectivity index (χ4n) is 1.53. The topological polar surface area (TPSA) is 93.7 Å². The van der Waals surface area contributed by atoms with E-state index in [1.165, 1.54) is 0 Å². The number of thioether (sulfide) groups is 1. The Morgan fingerprint density at radius 2 is 1.92 bits per heavy atom. The van der Waals surface area contributed by atoms with E-state index in [1.807, 2.05) is 13.2 Å². The van der Waals surface area contributed by atoms with Crippen LogP contribution in [0, 0.1) is 0 Å². The van der Waals surface area contributed by atoms with Gasteiger partial charge in [0.15, 0.2) is 0 Å². The van der Waals surface area contributed by atoms with E-state index in [1.54, 1.807) is 44.7 Å². The normalized spacial score (nSPS) is 12.5. The number of amides is 2. The van der Waals surface area contributed by atoms with E-state index in [-0.39, 0.29) is 13.2 Å². The lowest BCUT2D eigenvalue weighted by molar-refractivity contribution is -0.142. The second-order valence-corrected chi connectivity index (χ2v) is 6.94. The summed E-state index contributed by atoms with van der Waals surface area (Å²) in [5.41, 5.74) is -0.652. The molecule has 0 aliphatic carbocycles. The highest BCUT2D eigenvalue weighted by molar-refractivity contribution is 7.98. The molecule has 0 bridgehead atoms. The van der Waals surface area contributed by atoms with E-state index < -0.39 is 29.6 Å². The number of hydrogen-bond acceptors (Lipinski definition) is 6. The van der Waals surface area contributed by atoms with Crippen LogP contribution in [0.25, 0.3) is 0 Å². The molecule has 24 heavy (non-hydrogen) atoms.